The summed E-state index contributed by atoms with van der Waals surface area (Å²) in [5, 5.41) is 8.42. The van der Waals surface area contributed by atoms with Gasteiger partial charge in [-0.3, -0.25) is 9.48 Å². The summed E-state index contributed by atoms with van der Waals surface area (Å²) in [6, 6.07) is 0.302. The van der Waals surface area contributed by atoms with E-state index in [0.717, 1.165) is 28.7 Å². The number of nitrogens with one attached hydrogen (secondary N) is 1. The zero-order valence-electron chi connectivity index (χ0n) is 11.2. The average Bonchev–Trinajstić information content (AvgIpc) is 2.85. The zero-order chi connectivity index (χ0) is 13.3. The minimum absolute atomic E-state index is 0.0240. The molecule has 4 nitrogen and oxygen atoms in total. The summed E-state index contributed by atoms with van der Waals surface area (Å²) in [6.07, 6.45) is 3.48. The van der Waals surface area contributed by atoms with E-state index in [1.165, 1.54) is 12.8 Å². The lowest BCUT2D eigenvalue weighted by atomic mass is 10.1. The van der Waals surface area contributed by atoms with Gasteiger partial charge in [-0.2, -0.15) is 5.10 Å². The summed E-state index contributed by atoms with van der Waals surface area (Å²) in [5.74, 6) is 0.585. The monoisotopic (exact) mass is 313 g/mol. The van der Waals surface area contributed by atoms with Gasteiger partial charge in [-0.1, -0.05) is 22.4 Å². The second-order valence-corrected chi connectivity index (χ2v) is 5.74. The first-order chi connectivity index (χ1) is 8.54. The Morgan fingerprint density at radius 3 is 2.78 bits per heavy atom. The number of halogens is 1. The molecule has 1 aromatic rings. The molecule has 0 spiro atoms. The SMILES string of the molecule is Cc1nn(C)c(C)c1C(=O)NC1CCCC1CBr. The smallest absolute Gasteiger partial charge is 0.255 e. The van der Waals surface area contributed by atoms with E-state index in [-0.39, 0.29) is 5.91 Å². The molecule has 1 aliphatic rings. The number of alkyl halides is 1. The van der Waals surface area contributed by atoms with Crippen molar-refractivity contribution in [2.75, 3.05) is 5.33 Å². The van der Waals surface area contributed by atoms with Gasteiger partial charge >= 0.3 is 0 Å². The van der Waals surface area contributed by atoms with E-state index in [1.807, 2.05) is 20.9 Å². The molecular formula is C13H20BrN3O. The Kier molecular flexibility index (Phi) is 4.10. The lowest BCUT2D eigenvalue weighted by molar-refractivity contribution is 0.0929. The fourth-order valence-electron chi connectivity index (χ4n) is 2.75. The third-order valence-corrected chi connectivity index (χ3v) is 4.74. The first kappa shape index (κ1) is 13.6. The van der Waals surface area contributed by atoms with Gasteiger partial charge in [0, 0.05) is 24.1 Å². The van der Waals surface area contributed by atoms with Crippen LogP contribution in [0.1, 0.15) is 41.0 Å². The Labute approximate surface area is 116 Å². The van der Waals surface area contributed by atoms with Crippen LogP contribution in [0.15, 0.2) is 0 Å². The van der Waals surface area contributed by atoms with Crippen LogP contribution in [-0.4, -0.2) is 27.1 Å². The molecule has 1 amide bonds. The van der Waals surface area contributed by atoms with E-state index in [9.17, 15) is 4.79 Å². The molecule has 1 aliphatic carbocycles. The first-order valence-corrected chi connectivity index (χ1v) is 7.53. The molecule has 1 heterocycles. The quantitative estimate of drug-likeness (QED) is 0.871. The number of aromatic nitrogens is 2. The van der Waals surface area contributed by atoms with Crippen molar-refractivity contribution in [3.63, 3.8) is 0 Å². The largest absolute Gasteiger partial charge is 0.349 e. The van der Waals surface area contributed by atoms with Gasteiger partial charge in [0.1, 0.15) is 0 Å². The van der Waals surface area contributed by atoms with Gasteiger partial charge in [-0.25, -0.2) is 0 Å². The van der Waals surface area contributed by atoms with Crippen LogP contribution in [0, 0.1) is 19.8 Å². The van der Waals surface area contributed by atoms with Crippen molar-refractivity contribution in [2.45, 2.75) is 39.2 Å². The lowest BCUT2D eigenvalue weighted by Gasteiger charge is -2.19. The van der Waals surface area contributed by atoms with Crippen LogP contribution < -0.4 is 5.32 Å². The topological polar surface area (TPSA) is 46.9 Å². The van der Waals surface area contributed by atoms with Gasteiger partial charge in [-0.15, -0.1) is 0 Å². The Balaban J connectivity index is 2.12. The van der Waals surface area contributed by atoms with E-state index < -0.39 is 0 Å². The van der Waals surface area contributed by atoms with Crippen LogP contribution in [-0.2, 0) is 7.05 Å². The van der Waals surface area contributed by atoms with Crippen LogP contribution in [0.25, 0.3) is 0 Å². The summed E-state index contributed by atoms with van der Waals surface area (Å²) >= 11 is 3.53. The molecule has 18 heavy (non-hydrogen) atoms. The fraction of sp³-hybridized carbons (Fsp3) is 0.692. The van der Waals surface area contributed by atoms with Gasteiger partial charge in [0.25, 0.3) is 5.91 Å². The summed E-state index contributed by atoms with van der Waals surface area (Å²) in [6.45, 7) is 3.82. The van der Waals surface area contributed by atoms with E-state index in [4.69, 9.17) is 0 Å². The Hall–Kier alpha value is -0.840. The fourth-order valence-corrected chi connectivity index (χ4v) is 3.53. The first-order valence-electron chi connectivity index (χ1n) is 6.41. The molecule has 0 aromatic carbocycles. The minimum atomic E-state index is 0.0240. The maximum Gasteiger partial charge on any atom is 0.255 e. The third-order valence-electron chi connectivity index (χ3n) is 3.91. The number of carbonyl (C=O) groups is 1. The number of hydrogen-bond acceptors (Lipinski definition) is 2. The second kappa shape index (κ2) is 5.43. The molecule has 0 aliphatic heterocycles. The van der Waals surface area contributed by atoms with Crippen molar-refractivity contribution >= 4 is 21.8 Å². The minimum Gasteiger partial charge on any atom is -0.349 e. The van der Waals surface area contributed by atoms with Crippen molar-refractivity contribution < 1.29 is 4.79 Å². The van der Waals surface area contributed by atoms with Crippen LogP contribution in [0.4, 0.5) is 0 Å². The van der Waals surface area contributed by atoms with Crippen molar-refractivity contribution in [1.29, 1.82) is 0 Å². The van der Waals surface area contributed by atoms with E-state index >= 15 is 0 Å². The standard InChI is InChI=1S/C13H20BrN3O/c1-8-12(9(2)17(3)16-8)13(18)15-11-6-4-5-10(11)7-14/h10-11H,4-7H2,1-3H3,(H,15,18). The summed E-state index contributed by atoms with van der Waals surface area (Å²) < 4.78 is 1.76. The maximum absolute atomic E-state index is 12.3. The van der Waals surface area contributed by atoms with Crippen molar-refractivity contribution in [3.8, 4) is 0 Å². The van der Waals surface area contributed by atoms with Gasteiger partial charge < -0.3 is 5.32 Å². The van der Waals surface area contributed by atoms with Gasteiger partial charge in [0.2, 0.25) is 0 Å². The Morgan fingerprint density at radius 2 is 2.22 bits per heavy atom. The van der Waals surface area contributed by atoms with Crippen molar-refractivity contribution in [3.05, 3.63) is 17.0 Å². The number of aryl methyl sites for hydroxylation is 2. The molecule has 2 atom stereocenters. The van der Waals surface area contributed by atoms with Crippen LogP contribution in [0.3, 0.4) is 0 Å². The van der Waals surface area contributed by atoms with E-state index in [2.05, 4.69) is 26.3 Å². The lowest BCUT2D eigenvalue weighted by Crippen LogP contribution is -2.38. The van der Waals surface area contributed by atoms with Crippen LogP contribution in [0.2, 0.25) is 0 Å². The maximum atomic E-state index is 12.3. The molecule has 0 radical (unpaired) electrons. The number of hydrogen-bond donors (Lipinski definition) is 1. The molecule has 2 unspecified atom stereocenters. The number of rotatable bonds is 3. The molecule has 2 rings (SSSR count). The zero-order valence-corrected chi connectivity index (χ0v) is 12.7. The molecule has 1 N–H and O–H groups in total. The summed E-state index contributed by atoms with van der Waals surface area (Å²) in [4.78, 5) is 12.3. The predicted octanol–water partition coefficient (Wildman–Crippen LogP) is 2.33. The van der Waals surface area contributed by atoms with E-state index in [1.54, 1.807) is 4.68 Å². The van der Waals surface area contributed by atoms with Crippen molar-refractivity contribution in [1.82, 2.24) is 15.1 Å². The highest BCUT2D eigenvalue weighted by atomic mass is 79.9. The summed E-state index contributed by atoms with van der Waals surface area (Å²) in [5.41, 5.74) is 2.47. The molecule has 0 bridgehead atoms. The Bertz CT molecular complexity index is 455. The van der Waals surface area contributed by atoms with Crippen molar-refractivity contribution in [2.24, 2.45) is 13.0 Å². The molecule has 1 saturated carbocycles. The highest BCUT2D eigenvalue weighted by Crippen LogP contribution is 2.27. The number of amides is 1. The van der Waals surface area contributed by atoms with Crippen LogP contribution >= 0.6 is 15.9 Å². The molecule has 0 saturated heterocycles. The average molecular weight is 314 g/mol. The third kappa shape index (κ3) is 2.46. The van der Waals surface area contributed by atoms with Crippen LogP contribution in [0.5, 0.6) is 0 Å². The molecule has 1 fully saturated rings. The highest BCUT2D eigenvalue weighted by molar-refractivity contribution is 9.09. The normalized spacial score (nSPS) is 23.3. The molecule has 1 aromatic heterocycles. The molecular weight excluding hydrogens is 294 g/mol. The second-order valence-electron chi connectivity index (χ2n) is 5.09. The van der Waals surface area contributed by atoms with Gasteiger partial charge in [0.15, 0.2) is 0 Å². The molecule has 100 valence electrons. The number of carbonyl (C=O) groups excluding carboxylic acids is 1. The highest BCUT2D eigenvalue weighted by Gasteiger charge is 2.29. The Morgan fingerprint density at radius 1 is 1.50 bits per heavy atom. The predicted molar refractivity (Wildman–Crippen MR) is 75.1 cm³/mol. The summed E-state index contributed by atoms with van der Waals surface area (Å²) in [7, 11) is 1.87. The van der Waals surface area contributed by atoms with E-state index in [0.29, 0.717) is 12.0 Å². The number of nitrogens with zero attached hydrogens (tertiary/aromatic N) is 2. The van der Waals surface area contributed by atoms with Gasteiger partial charge in [-0.05, 0) is 32.6 Å². The molecule has 5 heteroatoms. The van der Waals surface area contributed by atoms with Gasteiger partial charge in [0.05, 0.1) is 11.3 Å².